The van der Waals surface area contributed by atoms with Crippen molar-refractivity contribution >= 4 is 11.9 Å². The maximum Gasteiger partial charge on any atom is 0.335 e. The minimum atomic E-state index is -1.20. The van der Waals surface area contributed by atoms with E-state index >= 15 is 0 Å². The zero-order valence-corrected chi connectivity index (χ0v) is 15.5. The fourth-order valence-corrected chi connectivity index (χ4v) is 2.59. The molecular formula is C18H26O10. The third-order valence-electron chi connectivity index (χ3n) is 3.79. The Bertz CT molecular complexity index is 617. The molecule has 0 saturated carbocycles. The summed E-state index contributed by atoms with van der Waals surface area (Å²) >= 11 is 0. The van der Waals surface area contributed by atoms with Crippen LogP contribution < -0.4 is 0 Å². The Morgan fingerprint density at radius 2 is 1.36 bits per heavy atom. The van der Waals surface area contributed by atoms with Gasteiger partial charge in [-0.3, -0.25) is 0 Å². The fourth-order valence-electron chi connectivity index (χ4n) is 2.59. The predicted octanol–water partition coefficient (Wildman–Crippen LogP) is 0.829. The van der Waals surface area contributed by atoms with Crippen LogP contribution in [0.15, 0.2) is 12.1 Å². The number of rotatable bonds is 16. The van der Waals surface area contributed by atoms with Crippen molar-refractivity contribution < 1.29 is 49.0 Å². The van der Waals surface area contributed by atoms with Crippen molar-refractivity contribution in [3.63, 3.8) is 0 Å². The van der Waals surface area contributed by atoms with Gasteiger partial charge in [-0.05, 0) is 48.9 Å². The highest BCUT2D eigenvalue weighted by molar-refractivity contribution is 5.95. The van der Waals surface area contributed by atoms with Crippen molar-refractivity contribution in [3.8, 4) is 0 Å². The molecule has 1 aromatic rings. The third kappa shape index (κ3) is 8.74. The summed E-state index contributed by atoms with van der Waals surface area (Å²) in [5.74, 6) is -2.40. The van der Waals surface area contributed by atoms with E-state index in [0.29, 0.717) is 50.0 Å². The maximum atomic E-state index is 11.6. The monoisotopic (exact) mass is 402 g/mol. The number of hydrogen-bond acceptors (Lipinski definition) is 8. The number of carboxylic acids is 2. The van der Waals surface area contributed by atoms with Crippen LogP contribution in [0.5, 0.6) is 0 Å². The molecule has 0 atom stereocenters. The van der Waals surface area contributed by atoms with Crippen molar-refractivity contribution in [1.82, 2.24) is 0 Å². The highest BCUT2D eigenvalue weighted by Gasteiger charge is 2.18. The molecule has 1 rings (SSSR count). The molecule has 0 amide bonds. The van der Waals surface area contributed by atoms with Crippen LogP contribution in [0, 0.1) is 0 Å². The van der Waals surface area contributed by atoms with E-state index in [9.17, 15) is 19.8 Å². The zero-order chi connectivity index (χ0) is 20.8. The summed E-state index contributed by atoms with van der Waals surface area (Å²) in [5, 5.41) is 35.8. The van der Waals surface area contributed by atoms with E-state index in [1.165, 1.54) is 6.07 Å². The minimum absolute atomic E-state index is 0.0500. The summed E-state index contributed by atoms with van der Waals surface area (Å²) in [6, 6.07) is 2.63. The van der Waals surface area contributed by atoms with Crippen molar-refractivity contribution in [2.45, 2.75) is 25.7 Å². The van der Waals surface area contributed by atoms with E-state index in [2.05, 4.69) is 9.47 Å². The number of carboxylic acid groups (broad SMARTS) is 2. The second-order valence-corrected chi connectivity index (χ2v) is 5.70. The van der Waals surface area contributed by atoms with E-state index in [-0.39, 0.29) is 24.7 Å². The molecule has 4 N–H and O–H groups in total. The molecule has 10 heteroatoms. The lowest BCUT2D eigenvalue weighted by Crippen LogP contribution is -2.12. The second-order valence-electron chi connectivity index (χ2n) is 5.70. The number of benzene rings is 1. The van der Waals surface area contributed by atoms with Crippen LogP contribution in [-0.2, 0) is 31.8 Å². The lowest BCUT2D eigenvalue weighted by molar-refractivity contribution is -0.108. The van der Waals surface area contributed by atoms with Gasteiger partial charge in [0.05, 0.1) is 11.1 Å². The Balaban J connectivity index is 2.84. The number of aromatic carboxylic acids is 2. The predicted molar refractivity (Wildman–Crippen MR) is 95.0 cm³/mol. The van der Waals surface area contributed by atoms with Gasteiger partial charge in [0.1, 0.15) is 27.2 Å². The number of hydrogen-bond donors (Lipinski definition) is 4. The average Bonchev–Trinajstić information content (AvgIpc) is 2.67. The molecule has 158 valence electrons. The van der Waals surface area contributed by atoms with Gasteiger partial charge >= 0.3 is 11.9 Å². The molecule has 10 nitrogen and oxygen atoms in total. The van der Waals surface area contributed by atoms with Crippen LogP contribution in [0.4, 0.5) is 0 Å². The van der Waals surface area contributed by atoms with Gasteiger partial charge in [0.15, 0.2) is 0 Å². The molecule has 0 saturated heterocycles. The normalized spacial score (nSPS) is 10.9. The molecular weight excluding hydrogens is 376 g/mol. The zero-order valence-electron chi connectivity index (χ0n) is 15.5. The van der Waals surface area contributed by atoms with E-state index in [4.69, 9.17) is 19.7 Å². The largest absolute Gasteiger partial charge is 0.478 e. The number of aliphatic hydroxyl groups is 2. The first-order valence-electron chi connectivity index (χ1n) is 8.66. The molecule has 1 aromatic carbocycles. The van der Waals surface area contributed by atoms with Crippen LogP contribution in [0.1, 0.15) is 44.7 Å². The lowest BCUT2D eigenvalue weighted by atomic mass is 9.92. The molecule has 0 spiro atoms. The summed E-state index contributed by atoms with van der Waals surface area (Å²) in [6.45, 7) is -0.429. The Morgan fingerprint density at radius 1 is 0.786 bits per heavy atom. The van der Waals surface area contributed by atoms with E-state index in [0.717, 1.165) is 6.07 Å². The minimum Gasteiger partial charge on any atom is -0.478 e. The summed E-state index contributed by atoms with van der Waals surface area (Å²) < 4.78 is 19.6. The number of carbonyl (C=O) groups is 2. The molecule has 0 aliphatic rings. The van der Waals surface area contributed by atoms with Crippen LogP contribution in [0.2, 0.25) is 0 Å². The van der Waals surface area contributed by atoms with E-state index in [1.807, 2.05) is 0 Å². The average molecular weight is 402 g/mol. The highest BCUT2D eigenvalue weighted by Crippen LogP contribution is 2.22. The van der Waals surface area contributed by atoms with Crippen molar-refractivity contribution in [2.75, 3.05) is 40.4 Å². The summed E-state index contributed by atoms with van der Waals surface area (Å²) in [4.78, 5) is 23.0. The summed E-state index contributed by atoms with van der Waals surface area (Å²) in [6.07, 6.45) is 1.81. The SMILES string of the molecule is O=C(O)c1cc(CCCOCOCO)c(CCCOCOCO)c(C(=O)O)c1. The van der Waals surface area contributed by atoms with Crippen molar-refractivity contribution in [2.24, 2.45) is 0 Å². The smallest absolute Gasteiger partial charge is 0.335 e. The van der Waals surface area contributed by atoms with Gasteiger partial charge in [-0.2, -0.15) is 0 Å². The molecule has 0 aromatic heterocycles. The van der Waals surface area contributed by atoms with Gasteiger partial charge in [0, 0.05) is 13.2 Å². The summed E-state index contributed by atoms with van der Waals surface area (Å²) in [5.41, 5.74) is 1.03. The first kappa shape index (κ1) is 24.0. The standard InChI is InChI=1S/C18H26O10/c19-9-27-11-25-5-1-3-13-7-14(17(21)22)8-16(18(23)24)15(13)4-2-6-26-12-28-10-20/h7-8,19-20H,1-6,9-12H2,(H,21,22)(H,23,24). The first-order chi connectivity index (χ1) is 13.5. The molecule has 0 fully saturated rings. The quantitative estimate of drug-likeness (QED) is 0.231. The fraction of sp³-hybridized carbons (Fsp3) is 0.556. The van der Waals surface area contributed by atoms with Gasteiger partial charge in [-0.15, -0.1) is 0 Å². The molecule has 0 aliphatic carbocycles. The second kappa shape index (κ2) is 14.0. The van der Waals surface area contributed by atoms with Gasteiger partial charge in [0.25, 0.3) is 0 Å². The van der Waals surface area contributed by atoms with E-state index in [1.54, 1.807) is 0 Å². The number of aryl methyl sites for hydroxylation is 1. The first-order valence-corrected chi connectivity index (χ1v) is 8.66. The molecule has 0 heterocycles. The van der Waals surface area contributed by atoms with E-state index < -0.39 is 25.5 Å². The topological polar surface area (TPSA) is 152 Å². The molecule has 0 radical (unpaired) electrons. The molecule has 0 unspecified atom stereocenters. The maximum absolute atomic E-state index is 11.6. The lowest BCUT2D eigenvalue weighted by Gasteiger charge is -2.15. The summed E-state index contributed by atoms with van der Waals surface area (Å²) in [7, 11) is 0. The van der Waals surface area contributed by atoms with Crippen molar-refractivity contribution in [1.29, 1.82) is 0 Å². The number of aliphatic hydroxyl groups excluding tert-OH is 2. The van der Waals surface area contributed by atoms with Gasteiger partial charge in [0.2, 0.25) is 0 Å². The molecule has 28 heavy (non-hydrogen) atoms. The van der Waals surface area contributed by atoms with Crippen LogP contribution in [0.25, 0.3) is 0 Å². The molecule has 0 aliphatic heterocycles. The van der Waals surface area contributed by atoms with Gasteiger partial charge < -0.3 is 39.4 Å². The van der Waals surface area contributed by atoms with Crippen LogP contribution in [-0.4, -0.2) is 72.8 Å². The Morgan fingerprint density at radius 3 is 1.86 bits per heavy atom. The third-order valence-corrected chi connectivity index (χ3v) is 3.79. The van der Waals surface area contributed by atoms with Gasteiger partial charge in [-0.25, -0.2) is 9.59 Å². The Hall–Kier alpha value is -2.08. The number of ether oxygens (including phenoxy) is 4. The Kier molecular flexibility index (Phi) is 12.0. The van der Waals surface area contributed by atoms with Gasteiger partial charge in [-0.1, -0.05) is 0 Å². The highest BCUT2D eigenvalue weighted by atomic mass is 16.7. The van der Waals surface area contributed by atoms with Crippen molar-refractivity contribution in [3.05, 3.63) is 34.4 Å². The van der Waals surface area contributed by atoms with Crippen LogP contribution >= 0.6 is 0 Å². The Labute approximate surface area is 162 Å². The van der Waals surface area contributed by atoms with Crippen LogP contribution in [0.3, 0.4) is 0 Å². The molecule has 0 bridgehead atoms.